The maximum atomic E-state index is 13.3. The van der Waals surface area contributed by atoms with Crippen LogP contribution in [0.2, 0.25) is 0 Å². The minimum Gasteiger partial charge on any atom is -0.507 e. The number of amides is 1. The Morgan fingerprint density at radius 2 is 1.64 bits per heavy atom. The van der Waals surface area contributed by atoms with Crippen molar-refractivity contribution in [2.45, 2.75) is 39.1 Å². The first-order valence-corrected chi connectivity index (χ1v) is 11.3. The predicted molar refractivity (Wildman–Crippen MR) is 130 cm³/mol. The number of ether oxygens (including phenoxy) is 1. The first-order chi connectivity index (χ1) is 17.0. The first kappa shape index (κ1) is 25.0. The van der Waals surface area contributed by atoms with Crippen molar-refractivity contribution in [1.29, 1.82) is 0 Å². The minimum atomic E-state index is -4.55. The van der Waals surface area contributed by atoms with E-state index in [-0.39, 0.29) is 22.9 Å². The topological polar surface area (TPSA) is 66.8 Å². The maximum absolute atomic E-state index is 13.3. The normalized spacial score (nSPS) is 17.6. The third kappa shape index (κ3) is 4.71. The Kier molecular flexibility index (Phi) is 6.63. The molecule has 0 aromatic heterocycles. The monoisotopic (exact) mass is 495 g/mol. The van der Waals surface area contributed by atoms with Gasteiger partial charge in [0, 0.05) is 11.3 Å². The molecule has 1 aliphatic rings. The van der Waals surface area contributed by atoms with Gasteiger partial charge in [0.2, 0.25) is 0 Å². The highest BCUT2D eigenvalue weighted by atomic mass is 19.4. The Hall–Kier alpha value is -4.07. The average molecular weight is 495 g/mol. The van der Waals surface area contributed by atoms with E-state index in [0.717, 1.165) is 34.7 Å². The van der Waals surface area contributed by atoms with Crippen molar-refractivity contribution in [2.24, 2.45) is 0 Å². The summed E-state index contributed by atoms with van der Waals surface area (Å²) in [6.07, 6.45) is -4.68. The summed E-state index contributed by atoms with van der Waals surface area (Å²) >= 11 is 0. The summed E-state index contributed by atoms with van der Waals surface area (Å²) in [6, 6.07) is 16.5. The molecule has 0 aliphatic carbocycles. The second-order valence-electron chi connectivity index (χ2n) is 8.76. The number of Topliss-reactive ketones (excluding diaryl/α,β-unsaturated/α-hetero) is 1. The van der Waals surface area contributed by atoms with Crippen LogP contribution in [0.4, 0.5) is 18.9 Å². The number of carbonyl (C=O) groups is 2. The number of hydrogen-bond acceptors (Lipinski definition) is 4. The molecule has 1 amide bonds. The number of aryl methyl sites for hydroxylation is 1. The number of nitrogens with zero attached hydrogens (tertiary/aromatic N) is 1. The molecule has 5 nitrogen and oxygen atoms in total. The summed E-state index contributed by atoms with van der Waals surface area (Å²) in [5, 5.41) is 11.3. The van der Waals surface area contributed by atoms with Crippen LogP contribution < -0.4 is 9.64 Å². The lowest BCUT2D eigenvalue weighted by Crippen LogP contribution is -2.29. The van der Waals surface area contributed by atoms with E-state index >= 15 is 0 Å². The molecule has 0 bridgehead atoms. The molecule has 0 saturated carbocycles. The molecule has 1 fully saturated rings. The van der Waals surface area contributed by atoms with E-state index in [9.17, 15) is 27.9 Å². The Morgan fingerprint density at radius 1 is 0.972 bits per heavy atom. The molecule has 1 saturated heterocycles. The van der Waals surface area contributed by atoms with Gasteiger partial charge >= 0.3 is 6.18 Å². The number of carbonyl (C=O) groups excluding carboxylic acids is 2. The number of halogens is 3. The van der Waals surface area contributed by atoms with Crippen LogP contribution in [0.25, 0.3) is 5.76 Å². The van der Waals surface area contributed by atoms with Gasteiger partial charge in [0.15, 0.2) is 0 Å². The molecule has 1 unspecified atom stereocenters. The number of benzene rings is 3. The molecule has 36 heavy (non-hydrogen) atoms. The van der Waals surface area contributed by atoms with Gasteiger partial charge in [-0.15, -0.1) is 0 Å². The van der Waals surface area contributed by atoms with E-state index in [4.69, 9.17) is 4.74 Å². The van der Waals surface area contributed by atoms with Crippen LogP contribution >= 0.6 is 0 Å². The van der Waals surface area contributed by atoms with Gasteiger partial charge in [-0.05, 0) is 68.3 Å². The molecular formula is C28H24F3NO4. The van der Waals surface area contributed by atoms with Crippen molar-refractivity contribution in [1.82, 2.24) is 0 Å². The number of aliphatic hydroxyl groups is 1. The summed E-state index contributed by atoms with van der Waals surface area (Å²) in [4.78, 5) is 27.6. The van der Waals surface area contributed by atoms with E-state index in [0.29, 0.717) is 11.3 Å². The Balaban J connectivity index is 1.90. The van der Waals surface area contributed by atoms with E-state index in [1.807, 2.05) is 13.8 Å². The maximum Gasteiger partial charge on any atom is 0.416 e. The van der Waals surface area contributed by atoms with Crippen molar-refractivity contribution < 1.29 is 32.6 Å². The number of ketones is 1. The Labute approximate surface area is 206 Å². The SMILES string of the molecule is Cc1ccccc1C1/C(=C(\O)c2cccc(OC(C)C)c2)C(=O)C(=O)N1c1ccc(C(F)(F)F)cc1. The summed E-state index contributed by atoms with van der Waals surface area (Å²) < 4.78 is 45.0. The highest BCUT2D eigenvalue weighted by Crippen LogP contribution is 2.44. The molecule has 0 radical (unpaired) electrons. The van der Waals surface area contributed by atoms with E-state index in [1.165, 1.54) is 0 Å². The molecule has 8 heteroatoms. The Bertz CT molecular complexity index is 1340. The van der Waals surface area contributed by atoms with Crippen LogP contribution in [0.15, 0.2) is 78.4 Å². The number of rotatable bonds is 5. The summed E-state index contributed by atoms with van der Waals surface area (Å²) in [5.41, 5.74) is 0.649. The zero-order valence-corrected chi connectivity index (χ0v) is 19.8. The lowest BCUT2D eigenvalue weighted by Gasteiger charge is -2.27. The van der Waals surface area contributed by atoms with E-state index < -0.39 is 35.2 Å². The third-order valence-electron chi connectivity index (χ3n) is 5.88. The number of aliphatic hydroxyl groups excluding tert-OH is 1. The zero-order chi connectivity index (χ0) is 26.2. The molecule has 3 aromatic carbocycles. The van der Waals surface area contributed by atoms with Crippen molar-refractivity contribution in [3.05, 3.63) is 101 Å². The van der Waals surface area contributed by atoms with E-state index in [2.05, 4.69) is 0 Å². The smallest absolute Gasteiger partial charge is 0.416 e. The van der Waals surface area contributed by atoms with Crippen LogP contribution in [0.5, 0.6) is 5.75 Å². The number of hydrogen-bond donors (Lipinski definition) is 1. The van der Waals surface area contributed by atoms with Crippen LogP contribution in [0, 0.1) is 6.92 Å². The van der Waals surface area contributed by atoms with Crippen LogP contribution in [-0.2, 0) is 15.8 Å². The fourth-order valence-electron chi connectivity index (χ4n) is 4.24. The molecule has 3 aromatic rings. The highest BCUT2D eigenvalue weighted by Gasteiger charge is 2.47. The summed E-state index contributed by atoms with van der Waals surface area (Å²) in [7, 11) is 0. The van der Waals surface area contributed by atoms with Crippen LogP contribution in [0.1, 0.15) is 42.1 Å². The first-order valence-electron chi connectivity index (χ1n) is 11.3. The summed E-state index contributed by atoms with van der Waals surface area (Å²) in [5.74, 6) is -1.81. The van der Waals surface area contributed by atoms with Gasteiger partial charge in [-0.2, -0.15) is 13.2 Å². The summed E-state index contributed by atoms with van der Waals surface area (Å²) in [6.45, 7) is 5.49. The minimum absolute atomic E-state index is 0.106. The highest BCUT2D eigenvalue weighted by molar-refractivity contribution is 6.51. The fourth-order valence-corrected chi connectivity index (χ4v) is 4.24. The standard InChI is InChI=1S/C28H24F3NO4/c1-16(2)36-21-9-6-8-18(15-21)25(33)23-24(22-10-5-4-7-17(22)3)32(27(35)26(23)34)20-13-11-19(12-14-20)28(29,30)31/h4-16,24,33H,1-3H3/b25-23+. The second-order valence-corrected chi connectivity index (χ2v) is 8.76. The largest absolute Gasteiger partial charge is 0.507 e. The van der Waals surface area contributed by atoms with Crippen LogP contribution in [-0.4, -0.2) is 22.9 Å². The second kappa shape index (κ2) is 9.53. The van der Waals surface area contributed by atoms with Crippen molar-refractivity contribution >= 4 is 23.1 Å². The van der Waals surface area contributed by atoms with Gasteiger partial charge in [-0.25, -0.2) is 0 Å². The average Bonchev–Trinajstić information content (AvgIpc) is 3.08. The van der Waals surface area contributed by atoms with Gasteiger partial charge in [0.05, 0.1) is 23.3 Å². The van der Waals surface area contributed by atoms with Crippen LogP contribution in [0.3, 0.4) is 0 Å². The molecule has 186 valence electrons. The molecular weight excluding hydrogens is 471 g/mol. The molecule has 1 N–H and O–H groups in total. The quantitative estimate of drug-likeness (QED) is 0.252. The lowest BCUT2D eigenvalue weighted by atomic mass is 9.92. The number of alkyl halides is 3. The number of anilines is 1. The van der Waals surface area contributed by atoms with Gasteiger partial charge in [-0.1, -0.05) is 36.4 Å². The molecule has 1 atom stereocenters. The van der Waals surface area contributed by atoms with Gasteiger partial charge in [0.1, 0.15) is 11.5 Å². The van der Waals surface area contributed by atoms with Crippen molar-refractivity contribution in [3.8, 4) is 5.75 Å². The fraction of sp³-hybridized carbons (Fsp3) is 0.214. The van der Waals surface area contributed by atoms with Crippen molar-refractivity contribution in [2.75, 3.05) is 4.90 Å². The predicted octanol–water partition coefficient (Wildman–Crippen LogP) is 6.43. The van der Waals surface area contributed by atoms with Gasteiger partial charge < -0.3 is 9.84 Å². The van der Waals surface area contributed by atoms with Gasteiger partial charge in [-0.3, -0.25) is 14.5 Å². The molecule has 1 aliphatic heterocycles. The van der Waals surface area contributed by atoms with Gasteiger partial charge in [0.25, 0.3) is 11.7 Å². The third-order valence-corrected chi connectivity index (χ3v) is 5.88. The molecule has 1 heterocycles. The molecule has 4 rings (SSSR count). The van der Waals surface area contributed by atoms with Crippen molar-refractivity contribution in [3.63, 3.8) is 0 Å². The zero-order valence-electron chi connectivity index (χ0n) is 19.8. The van der Waals surface area contributed by atoms with E-state index in [1.54, 1.807) is 55.5 Å². The molecule has 0 spiro atoms. The lowest BCUT2D eigenvalue weighted by molar-refractivity contribution is -0.137. The Morgan fingerprint density at radius 3 is 2.25 bits per heavy atom.